The van der Waals surface area contributed by atoms with Gasteiger partial charge in [0.1, 0.15) is 5.75 Å². The van der Waals surface area contributed by atoms with E-state index in [1.54, 1.807) is 18.4 Å². The molecule has 194 valence electrons. The maximum absolute atomic E-state index is 11.7. The van der Waals surface area contributed by atoms with Crippen LogP contribution in [0.3, 0.4) is 0 Å². The Kier molecular flexibility index (Phi) is 9.65. The number of aliphatic carboxylic acids is 1. The summed E-state index contributed by atoms with van der Waals surface area (Å²) in [6, 6.07) is 12.6. The zero-order valence-corrected chi connectivity index (χ0v) is 23.1. The summed E-state index contributed by atoms with van der Waals surface area (Å²) in [5.41, 5.74) is 2.22. The van der Waals surface area contributed by atoms with Gasteiger partial charge in [-0.3, -0.25) is 9.78 Å². The van der Waals surface area contributed by atoms with Crippen molar-refractivity contribution in [3.8, 4) is 5.75 Å². The van der Waals surface area contributed by atoms with Gasteiger partial charge in [0.05, 0.1) is 16.8 Å². The molecule has 3 aromatic rings. The van der Waals surface area contributed by atoms with Gasteiger partial charge in [0.2, 0.25) is 0 Å². The highest BCUT2D eigenvalue weighted by Gasteiger charge is 2.31. The number of ether oxygens (including phenoxy) is 1. The highest BCUT2D eigenvalue weighted by Crippen LogP contribution is 2.36. The van der Waals surface area contributed by atoms with Crippen molar-refractivity contribution < 1.29 is 14.6 Å². The van der Waals surface area contributed by atoms with Crippen LogP contribution in [0.1, 0.15) is 37.3 Å². The molecule has 0 aliphatic carbocycles. The molecule has 2 aromatic heterocycles. The normalized spacial score (nSPS) is 19.6. The average molecular weight is 528 g/mol. The monoisotopic (exact) mass is 527 g/mol. The first-order valence-corrected chi connectivity index (χ1v) is 14.5. The SMILES string of the molecule is COc1ccc2nccc([C@H](CC[C@@H]3CCN(CCSc4cccs4)C[C@@H]3CC(=O)O)N(C)C)c2c1. The summed E-state index contributed by atoms with van der Waals surface area (Å²) in [7, 11) is 5.94. The van der Waals surface area contributed by atoms with Gasteiger partial charge in [-0.15, -0.1) is 23.1 Å². The van der Waals surface area contributed by atoms with Crippen molar-refractivity contribution in [2.45, 2.75) is 35.9 Å². The second kappa shape index (κ2) is 12.9. The van der Waals surface area contributed by atoms with Gasteiger partial charge in [-0.1, -0.05) is 6.07 Å². The molecule has 1 N–H and O–H groups in total. The number of piperidine rings is 1. The predicted octanol–water partition coefficient (Wildman–Crippen LogP) is 5.89. The van der Waals surface area contributed by atoms with Crippen LogP contribution < -0.4 is 4.74 Å². The number of benzene rings is 1. The van der Waals surface area contributed by atoms with E-state index in [0.29, 0.717) is 5.92 Å². The molecule has 1 aliphatic rings. The van der Waals surface area contributed by atoms with E-state index >= 15 is 0 Å². The number of thioether (sulfide) groups is 1. The number of carboxylic acids is 1. The Morgan fingerprint density at radius 1 is 1.31 bits per heavy atom. The third-order valence-corrected chi connectivity index (χ3v) is 9.45. The first-order chi connectivity index (χ1) is 17.4. The largest absolute Gasteiger partial charge is 0.497 e. The number of carboxylic acid groups (broad SMARTS) is 1. The van der Waals surface area contributed by atoms with Gasteiger partial charge in [0.15, 0.2) is 0 Å². The van der Waals surface area contributed by atoms with Gasteiger partial charge in [-0.2, -0.15) is 0 Å². The number of aromatic nitrogens is 1. The van der Waals surface area contributed by atoms with Crippen LogP contribution in [0, 0.1) is 11.8 Å². The van der Waals surface area contributed by atoms with Gasteiger partial charge in [-0.25, -0.2) is 0 Å². The van der Waals surface area contributed by atoms with Crippen molar-refractivity contribution >= 4 is 40.0 Å². The van der Waals surface area contributed by atoms with Crippen LogP contribution in [0.5, 0.6) is 5.75 Å². The molecule has 1 saturated heterocycles. The lowest BCUT2D eigenvalue weighted by atomic mass is 9.79. The van der Waals surface area contributed by atoms with E-state index in [9.17, 15) is 9.90 Å². The van der Waals surface area contributed by atoms with Crippen molar-refractivity contribution in [3.63, 3.8) is 0 Å². The van der Waals surface area contributed by atoms with Gasteiger partial charge < -0.3 is 19.6 Å². The summed E-state index contributed by atoms with van der Waals surface area (Å²) in [6.45, 7) is 2.94. The number of nitrogens with zero attached hydrogens (tertiary/aromatic N) is 3. The highest BCUT2D eigenvalue weighted by molar-refractivity contribution is 8.01. The van der Waals surface area contributed by atoms with E-state index in [4.69, 9.17) is 4.74 Å². The summed E-state index contributed by atoms with van der Waals surface area (Å²) in [5, 5.41) is 12.9. The van der Waals surface area contributed by atoms with Crippen LogP contribution in [-0.4, -0.2) is 72.5 Å². The number of fused-ring (bicyclic) bond motifs is 1. The van der Waals surface area contributed by atoms with E-state index in [2.05, 4.69) is 58.5 Å². The highest BCUT2D eigenvalue weighted by atomic mass is 32.2. The number of carbonyl (C=O) groups is 1. The molecule has 0 radical (unpaired) electrons. The molecule has 4 rings (SSSR count). The third kappa shape index (κ3) is 7.00. The smallest absolute Gasteiger partial charge is 0.303 e. The summed E-state index contributed by atoms with van der Waals surface area (Å²) in [4.78, 5) is 21.0. The molecule has 0 amide bonds. The molecule has 0 bridgehead atoms. The van der Waals surface area contributed by atoms with Crippen LogP contribution in [-0.2, 0) is 4.79 Å². The third-order valence-electron chi connectivity index (χ3n) is 7.33. The zero-order chi connectivity index (χ0) is 25.5. The van der Waals surface area contributed by atoms with Crippen molar-refractivity contribution in [2.75, 3.05) is 46.6 Å². The summed E-state index contributed by atoms with van der Waals surface area (Å²) in [6.07, 6.45) is 5.21. The molecule has 1 aliphatic heterocycles. The fourth-order valence-corrected chi connectivity index (χ4v) is 7.31. The fraction of sp³-hybridized carbons (Fsp3) is 0.500. The second-order valence-corrected chi connectivity index (χ2v) is 12.2. The van der Waals surface area contributed by atoms with Crippen LogP contribution in [0.25, 0.3) is 10.9 Å². The molecule has 1 aromatic carbocycles. The van der Waals surface area contributed by atoms with E-state index in [0.717, 1.165) is 61.3 Å². The number of hydrogen-bond donors (Lipinski definition) is 1. The molecule has 1 fully saturated rings. The van der Waals surface area contributed by atoms with Crippen molar-refractivity contribution in [2.24, 2.45) is 11.8 Å². The lowest BCUT2D eigenvalue weighted by molar-refractivity contribution is -0.139. The second-order valence-electron chi connectivity index (χ2n) is 9.83. The topological polar surface area (TPSA) is 65.9 Å². The Labute approximate surface area is 222 Å². The molecule has 3 atom stereocenters. The van der Waals surface area contributed by atoms with Gasteiger partial charge in [0.25, 0.3) is 0 Å². The minimum Gasteiger partial charge on any atom is -0.497 e. The molecule has 0 spiro atoms. The Hall–Kier alpha value is -2.13. The van der Waals surface area contributed by atoms with Crippen LogP contribution >= 0.6 is 23.1 Å². The Balaban J connectivity index is 1.42. The molecular weight excluding hydrogens is 490 g/mol. The van der Waals surface area contributed by atoms with E-state index in [1.807, 2.05) is 30.1 Å². The Morgan fingerprint density at radius 2 is 2.17 bits per heavy atom. The van der Waals surface area contributed by atoms with Crippen molar-refractivity contribution in [1.82, 2.24) is 14.8 Å². The van der Waals surface area contributed by atoms with E-state index in [-0.39, 0.29) is 18.4 Å². The number of thiophene rings is 1. The molecule has 8 heteroatoms. The molecular formula is C28H37N3O3S2. The first-order valence-electron chi connectivity index (χ1n) is 12.6. The van der Waals surface area contributed by atoms with Gasteiger partial charge in [-0.05, 0) is 93.0 Å². The predicted molar refractivity (Wildman–Crippen MR) is 149 cm³/mol. The van der Waals surface area contributed by atoms with Gasteiger partial charge in [0, 0.05) is 42.9 Å². The average Bonchev–Trinajstić information content (AvgIpc) is 3.38. The zero-order valence-electron chi connectivity index (χ0n) is 21.4. The maximum Gasteiger partial charge on any atom is 0.303 e. The van der Waals surface area contributed by atoms with E-state index < -0.39 is 5.97 Å². The number of pyridine rings is 1. The number of rotatable bonds is 12. The quantitative estimate of drug-likeness (QED) is 0.295. The van der Waals surface area contributed by atoms with Crippen molar-refractivity contribution in [1.29, 1.82) is 0 Å². The molecule has 3 heterocycles. The fourth-order valence-electron chi connectivity index (χ4n) is 5.44. The lowest BCUT2D eigenvalue weighted by Gasteiger charge is -2.39. The Bertz CT molecular complexity index is 1120. The summed E-state index contributed by atoms with van der Waals surface area (Å²) < 4.78 is 6.83. The number of methoxy groups -OCH3 is 1. The van der Waals surface area contributed by atoms with Gasteiger partial charge >= 0.3 is 5.97 Å². The molecule has 0 unspecified atom stereocenters. The van der Waals surface area contributed by atoms with Crippen molar-refractivity contribution in [3.05, 3.63) is 53.5 Å². The van der Waals surface area contributed by atoms with E-state index in [1.165, 1.54) is 9.77 Å². The first kappa shape index (κ1) is 26.9. The van der Waals surface area contributed by atoms with Crippen LogP contribution in [0.15, 0.2) is 52.2 Å². The molecule has 36 heavy (non-hydrogen) atoms. The number of likely N-dealkylation sites (tertiary alicyclic amines) is 1. The minimum absolute atomic E-state index is 0.195. The molecule has 6 nitrogen and oxygen atoms in total. The molecule has 0 saturated carbocycles. The van der Waals surface area contributed by atoms with Crippen LogP contribution in [0.2, 0.25) is 0 Å². The summed E-state index contributed by atoms with van der Waals surface area (Å²) in [5.74, 6) is 1.82. The number of hydrogen-bond acceptors (Lipinski definition) is 7. The summed E-state index contributed by atoms with van der Waals surface area (Å²) >= 11 is 3.68. The maximum atomic E-state index is 11.7. The lowest BCUT2D eigenvalue weighted by Crippen LogP contribution is -2.42. The minimum atomic E-state index is -0.684. The Morgan fingerprint density at radius 3 is 2.89 bits per heavy atom. The standard InChI is InChI=1S/C28H37N3O3S2/c1-30(2)26(23-10-12-29-25-8-7-22(34-3)18-24(23)25)9-6-20-11-13-31(19-21(20)17-27(32)33)14-16-36-28-5-4-15-35-28/h4-5,7-8,10,12,15,18,20-21,26H,6,9,11,13-14,16-17,19H2,1-3H3,(H,32,33)/t20-,21+,26+/m1/s1. The van der Waals surface area contributed by atoms with Crippen LogP contribution in [0.4, 0.5) is 0 Å².